The molecule has 6 nitrogen and oxygen atoms in total. The SMILES string of the molecule is N#Cc1ccc(C#N)c(Oc2cc(C#N)c(O)c(C#N)c2)c1. The zero-order valence-electron chi connectivity index (χ0n) is 11.0. The molecule has 22 heavy (non-hydrogen) atoms. The lowest BCUT2D eigenvalue weighted by atomic mass is 10.1. The van der Waals surface area contributed by atoms with Crippen molar-refractivity contribution >= 4 is 0 Å². The second-order valence-electron chi connectivity index (χ2n) is 4.13. The van der Waals surface area contributed by atoms with Crippen molar-refractivity contribution in [3.63, 3.8) is 0 Å². The van der Waals surface area contributed by atoms with Gasteiger partial charge in [0.15, 0.2) is 5.75 Å². The fourth-order valence-corrected chi connectivity index (χ4v) is 1.73. The van der Waals surface area contributed by atoms with Gasteiger partial charge < -0.3 is 9.84 Å². The van der Waals surface area contributed by atoms with E-state index in [2.05, 4.69) is 0 Å². The van der Waals surface area contributed by atoms with Gasteiger partial charge in [-0.2, -0.15) is 21.0 Å². The predicted octanol–water partition coefficient (Wildman–Crippen LogP) is 2.67. The van der Waals surface area contributed by atoms with Gasteiger partial charge in [0.2, 0.25) is 0 Å². The molecule has 6 heteroatoms. The van der Waals surface area contributed by atoms with Crippen molar-refractivity contribution in [3.8, 4) is 41.5 Å². The number of phenols is 1. The van der Waals surface area contributed by atoms with Crippen molar-refractivity contribution in [2.75, 3.05) is 0 Å². The van der Waals surface area contributed by atoms with Gasteiger partial charge >= 0.3 is 0 Å². The summed E-state index contributed by atoms with van der Waals surface area (Å²) in [5, 5.41) is 45.5. The van der Waals surface area contributed by atoms with Crippen molar-refractivity contribution in [2.24, 2.45) is 0 Å². The number of hydrogen-bond donors (Lipinski definition) is 1. The topological polar surface area (TPSA) is 125 Å². The lowest BCUT2D eigenvalue weighted by molar-refractivity contribution is 0.460. The first-order chi connectivity index (χ1) is 10.6. The molecule has 0 unspecified atom stereocenters. The van der Waals surface area contributed by atoms with Crippen LogP contribution in [0.2, 0.25) is 0 Å². The first-order valence-corrected chi connectivity index (χ1v) is 5.92. The quantitative estimate of drug-likeness (QED) is 0.904. The fourth-order valence-electron chi connectivity index (χ4n) is 1.73. The molecular weight excluding hydrogens is 280 g/mol. The van der Waals surface area contributed by atoms with Crippen LogP contribution in [0.15, 0.2) is 30.3 Å². The molecule has 0 aliphatic heterocycles. The molecule has 1 N–H and O–H groups in total. The number of nitriles is 4. The Kier molecular flexibility index (Phi) is 3.91. The lowest BCUT2D eigenvalue weighted by Crippen LogP contribution is -1.92. The molecule has 2 aromatic rings. The highest BCUT2D eigenvalue weighted by molar-refractivity contribution is 5.58. The summed E-state index contributed by atoms with van der Waals surface area (Å²) in [5.41, 5.74) is 0.255. The Morgan fingerprint density at radius 1 is 0.773 bits per heavy atom. The number of ether oxygens (including phenoxy) is 1. The molecule has 0 bridgehead atoms. The van der Waals surface area contributed by atoms with Crippen LogP contribution in [0.25, 0.3) is 0 Å². The Hall–Kier alpha value is -4.00. The number of benzene rings is 2. The van der Waals surface area contributed by atoms with E-state index in [9.17, 15) is 5.11 Å². The minimum absolute atomic E-state index is 0.109. The van der Waals surface area contributed by atoms with Gasteiger partial charge in [-0.1, -0.05) is 0 Å². The largest absolute Gasteiger partial charge is 0.505 e. The van der Waals surface area contributed by atoms with E-state index >= 15 is 0 Å². The monoisotopic (exact) mass is 286 g/mol. The van der Waals surface area contributed by atoms with E-state index in [1.54, 1.807) is 12.1 Å². The fraction of sp³-hybridized carbons (Fsp3) is 0. The molecule has 0 fully saturated rings. The van der Waals surface area contributed by atoms with Gasteiger partial charge in [0.1, 0.15) is 29.7 Å². The highest BCUT2D eigenvalue weighted by Gasteiger charge is 2.13. The van der Waals surface area contributed by atoms with Gasteiger partial charge in [0, 0.05) is 12.1 Å². The van der Waals surface area contributed by atoms with Crippen LogP contribution in [0.1, 0.15) is 22.3 Å². The van der Waals surface area contributed by atoms with Crippen molar-refractivity contribution in [3.05, 3.63) is 52.6 Å². The van der Waals surface area contributed by atoms with E-state index in [4.69, 9.17) is 25.8 Å². The summed E-state index contributed by atoms with van der Waals surface area (Å²) in [4.78, 5) is 0. The Labute approximate surface area is 125 Å². The van der Waals surface area contributed by atoms with Crippen LogP contribution < -0.4 is 4.74 Å². The minimum Gasteiger partial charge on any atom is -0.505 e. The van der Waals surface area contributed by atoms with E-state index in [-0.39, 0.29) is 28.2 Å². The van der Waals surface area contributed by atoms with Gasteiger partial charge in [-0.3, -0.25) is 0 Å². The average molecular weight is 286 g/mol. The highest BCUT2D eigenvalue weighted by atomic mass is 16.5. The van der Waals surface area contributed by atoms with Crippen LogP contribution in [0.4, 0.5) is 0 Å². The Balaban J connectivity index is 2.54. The Bertz CT molecular complexity index is 886. The molecule has 0 heterocycles. The van der Waals surface area contributed by atoms with E-state index in [0.717, 1.165) is 0 Å². The Morgan fingerprint density at radius 3 is 1.86 bits per heavy atom. The zero-order valence-corrected chi connectivity index (χ0v) is 11.0. The van der Waals surface area contributed by atoms with Crippen LogP contribution in [-0.2, 0) is 0 Å². The van der Waals surface area contributed by atoms with Crippen LogP contribution in [0.5, 0.6) is 17.2 Å². The number of rotatable bonds is 2. The third kappa shape index (κ3) is 2.63. The average Bonchev–Trinajstić information content (AvgIpc) is 2.56. The number of nitrogens with zero attached hydrogens (tertiary/aromatic N) is 4. The maximum atomic E-state index is 9.67. The van der Waals surface area contributed by atoms with E-state index < -0.39 is 5.75 Å². The summed E-state index contributed by atoms with van der Waals surface area (Å²) in [7, 11) is 0. The smallest absolute Gasteiger partial charge is 0.151 e. The second-order valence-corrected chi connectivity index (χ2v) is 4.13. The summed E-state index contributed by atoms with van der Waals surface area (Å²) in [6.07, 6.45) is 0. The van der Waals surface area contributed by atoms with Crippen molar-refractivity contribution in [1.82, 2.24) is 0 Å². The summed E-state index contributed by atoms with van der Waals surface area (Å²) < 4.78 is 5.50. The molecule has 0 saturated heterocycles. The molecule has 2 rings (SSSR count). The summed E-state index contributed by atoms with van der Waals surface area (Å²) >= 11 is 0. The normalized spacial score (nSPS) is 8.91. The third-order valence-electron chi connectivity index (χ3n) is 2.78. The standard InChI is InChI=1S/C16H6N4O2/c17-6-10-1-2-11(7-18)15(3-10)22-14-4-12(8-19)16(21)13(5-14)9-20/h1-5,21H. The Morgan fingerprint density at radius 2 is 1.36 bits per heavy atom. The van der Waals surface area contributed by atoms with E-state index in [1.807, 2.05) is 12.1 Å². The molecule has 0 radical (unpaired) electrons. The zero-order chi connectivity index (χ0) is 16.1. The minimum atomic E-state index is -0.427. The number of aromatic hydroxyl groups is 1. The maximum Gasteiger partial charge on any atom is 0.151 e. The first-order valence-electron chi connectivity index (χ1n) is 5.92. The molecule has 0 saturated carbocycles. The van der Waals surface area contributed by atoms with Crippen molar-refractivity contribution in [2.45, 2.75) is 0 Å². The molecule has 2 aromatic carbocycles. The maximum absolute atomic E-state index is 9.67. The van der Waals surface area contributed by atoms with Gasteiger partial charge in [0.05, 0.1) is 28.3 Å². The van der Waals surface area contributed by atoms with Crippen LogP contribution >= 0.6 is 0 Å². The lowest BCUT2D eigenvalue weighted by Gasteiger charge is -2.09. The van der Waals surface area contributed by atoms with Crippen molar-refractivity contribution < 1.29 is 9.84 Å². The van der Waals surface area contributed by atoms with Crippen molar-refractivity contribution in [1.29, 1.82) is 21.0 Å². The van der Waals surface area contributed by atoms with Crippen LogP contribution in [0.3, 0.4) is 0 Å². The number of hydrogen-bond acceptors (Lipinski definition) is 6. The van der Waals surface area contributed by atoms with E-state index in [1.165, 1.54) is 30.3 Å². The molecule has 0 amide bonds. The molecular formula is C16H6N4O2. The van der Waals surface area contributed by atoms with Gasteiger partial charge in [-0.05, 0) is 18.2 Å². The molecule has 0 aromatic heterocycles. The molecule has 0 aliphatic rings. The van der Waals surface area contributed by atoms with Crippen LogP contribution in [0, 0.1) is 45.3 Å². The number of phenolic OH excluding ortho intramolecular Hbond substituents is 1. The molecule has 102 valence electrons. The highest BCUT2D eigenvalue weighted by Crippen LogP contribution is 2.32. The van der Waals surface area contributed by atoms with E-state index in [0.29, 0.717) is 5.56 Å². The molecule has 0 aliphatic carbocycles. The molecule has 0 spiro atoms. The van der Waals surface area contributed by atoms with Crippen LogP contribution in [-0.4, -0.2) is 5.11 Å². The molecule has 0 atom stereocenters. The van der Waals surface area contributed by atoms with Gasteiger partial charge in [-0.25, -0.2) is 0 Å². The van der Waals surface area contributed by atoms with Gasteiger partial charge in [0.25, 0.3) is 0 Å². The first kappa shape index (κ1) is 14.4. The predicted molar refractivity (Wildman–Crippen MR) is 73.5 cm³/mol. The third-order valence-corrected chi connectivity index (χ3v) is 2.78. The summed E-state index contributed by atoms with van der Waals surface area (Å²) in [5.74, 6) is -0.193. The second kappa shape index (κ2) is 5.97. The summed E-state index contributed by atoms with van der Waals surface area (Å²) in [6.45, 7) is 0. The van der Waals surface area contributed by atoms with Gasteiger partial charge in [-0.15, -0.1) is 0 Å². The summed E-state index contributed by atoms with van der Waals surface area (Å²) in [6, 6.07) is 14.1.